The van der Waals surface area contributed by atoms with E-state index in [1.165, 1.54) is 103 Å². The highest BCUT2D eigenvalue weighted by Gasteiger charge is 2.60. The molecule has 42 heteroatoms. The van der Waals surface area contributed by atoms with Gasteiger partial charge in [0.25, 0.3) is 0 Å². The van der Waals surface area contributed by atoms with Crippen LogP contribution in [0.4, 0.5) is 0 Å². The first-order valence-electron chi connectivity index (χ1n) is 43.7. The molecule has 718 valence electrons. The van der Waals surface area contributed by atoms with Gasteiger partial charge in [-0.25, -0.2) is 0 Å². The van der Waals surface area contributed by atoms with Gasteiger partial charge in [0.05, 0.1) is 100 Å². The van der Waals surface area contributed by atoms with E-state index in [-0.39, 0.29) is 37.1 Å². The van der Waals surface area contributed by atoms with Crippen LogP contribution in [0.2, 0.25) is 0 Å². The highest BCUT2D eigenvalue weighted by molar-refractivity contribution is 5.85. The zero-order valence-electron chi connectivity index (χ0n) is 71.4. The minimum absolute atomic E-state index is 0. The fourth-order valence-electron chi connectivity index (χ4n) is 17.0. The molecule has 0 aromatic rings. The van der Waals surface area contributed by atoms with Crippen LogP contribution < -0.4 is 12.4 Å². The summed E-state index contributed by atoms with van der Waals surface area (Å²) >= 11 is 0. The molecule has 35 atom stereocenters. The number of unbranched alkanes of at least 4 members (excludes halogenated alkanes) is 18. The average Bonchev–Trinajstić information content (AvgIpc) is 0.784. The molecule has 20 N–H and O–H groups in total. The van der Waals surface area contributed by atoms with E-state index in [4.69, 9.17) is 71.1 Å². The third-order valence-electron chi connectivity index (χ3n) is 24.5. The summed E-state index contributed by atoms with van der Waals surface area (Å²) in [6, 6.07) is 0. The molecule has 1 amide bonds. The molecule has 0 aliphatic carbocycles. The van der Waals surface area contributed by atoms with Crippen LogP contribution in [0.5, 0.6) is 0 Å². The van der Waals surface area contributed by atoms with Crippen LogP contribution in [0, 0.1) is 0 Å². The van der Waals surface area contributed by atoms with Gasteiger partial charge >= 0.3 is 5.97 Å². The van der Waals surface area contributed by atoms with Crippen molar-refractivity contribution in [3.05, 3.63) is 0 Å². The van der Waals surface area contributed by atoms with Crippen molar-refractivity contribution in [2.45, 2.75) is 383 Å². The molecule has 21 fully saturated rings. The molecule has 122 heavy (non-hydrogen) atoms. The highest BCUT2D eigenvalue weighted by Crippen LogP contribution is 2.40. The van der Waals surface area contributed by atoms with Gasteiger partial charge in [0.2, 0.25) is 5.91 Å². The van der Waals surface area contributed by atoms with Crippen LogP contribution in [0.15, 0.2) is 0 Å². The van der Waals surface area contributed by atoms with E-state index in [2.05, 4.69) is 42.0 Å². The molecule has 21 aliphatic rings. The SMILES string of the molecule is CCCCCCCCCCCC[N+](C)(C)CCCN(CCC[N+](C)(C)CCCCCCCCCCCC)C(=O)CCC(=O)OCC1OC2OC3C(CO)OC(OC4C(CO)OC(OC5C(CO)OC(OC6C(CO)OC(OC7C(CO)OC(OC8C(CO)OC(OC1C(O)C2O)C(O)C8O)C(O)C7O)C(O)C6O)C(O)C5O)C(O)C4O)C(O)C3O.Cl.[Cl-]. The third-order valence-corrected chi connectivity index (χ3v) is 24.5. The highest BCUT2D eigenvalue weighted by atomic mass is 35.5. The maximum atomic E-state index is 14.5. The number of quaternary nitrogens is 2. The number of ether oxygens (including phenoxy) is 15. The van der Waals surface area contributed by atoms with Gasteiger partial charge in [0.15, 0.2) is 44.0 Å². The summed E-state index contributed by atoms with van der Waals surface area (Å²) < 4.78 is 89.6. The molecule has 0 aromatic carbocycles. The maximum absolute atomic E-state index is 14.5. The number of esters is 1. The predicted octanol–water partition coefficient (Wildman–Crippen LogP) is -7.87. The largest absolute Gasteiger partial charge is 1.00 e. The van der Waals surface area contributed by atoms with Crippen LogP contribution in [-0.4, -0.2) is 457 Å². The van der Waals surface area contributed by atoms with Crippen molar-refractivity contribution < 1.29 is 204 Å². The Kier molecular flexibility index (Phi) is 47.8. The summed E-state index contributed by atoms with van der Waals surface area (Å²) in [5, 5.41) is 228. The topological polar surface area (TPSA) is 580 Å². The third kappa shape index (κ3) is 30.1. The number of hydrogen-bond acceptors (Lipinski definition) is 37. The number of nitrogens with zero attached hydrogens (tertiary/aromatic N) is 3. The van der Waals surface area contributed by atoms with Crippen LogP contribution in [-0.2, 0) is 80.6 Å². The molecule has 35 unspecified atom stereocenters. The van der Waals surface area contributed by atoms with Gasteiger partial charge in [-0.3, -0.25) is 9.59 Å². The van der Waals surface area contributed by atoms with Crippen LogP contribution in [0.1, 0.15) is 168 Å². The second-order valence-electron chi connectivity index (χ2n) is 34.9. The van der Waals surface area contributed by atoms with Gasteiger partial charge in [0, 0.05) is 32.4 Å². The summed E-state index contributed by atoms with van der Waals surface area (Å²) in [6.07, 6.45) is -47.6. The minimum atomic E-state index is -2.32. The van der Waals surface area contributed by atoms with Crippen molar-refractivity contribution in [1.29, 1.82) is 0 Å². The molecule has 21 aliphatic heterocycles. The second kappa shape index (κ2) is 53.6. The van der Waals surface area contributed by atoms with Gasteiger partial charge in [-0.05, 0) is 25.7 Å². The lowest BCUT2D eigenvalue weighted by Gasteiger charge is -2.50. The summed E-state index contributed by atoms with van der Waals surface area (Å²) in [4.78, 5) is 30.4. The summed E-state index contributed by atoms with van der Waals surface area (Å²) in [6.45, 7) is 1.38. The lowest BCUT2D eigenvalue weighted by atomic mass is 9.95. The molecule has 21 heterocycles. The van der Waals surface area contributed by atoms with E-state index in [9.17, 15) is 112 Å². The van der Waals surface area contributed by atoms with Crippen molar-refractivity contribution >= 4 is 24.3 Å². The van der Waals surface area contributed by atoms with Crippen LogP contribution in [0.25, 0.3) is 0 Å². The molecule has 40 nitrogen and oxygen atoms in total. The first-order valence-corrected chi connectivity index (χ1v) is 43.7. The number of aliphatic hydroxyl groups is 20. The van der Waals surface area contributed by atoms with E-state index >= 15 is 0 Å². The number of halogens is 2. The number of amides is 1. The number of aliphatic hydroxyl groups excluding tert-OH is 20. The van der Waals surface area contributed by atoms with Gasteiger partial charge in [0.1, 0.15) is 178 Å². The van der Waals surface area contributed by atoms with Gasteiger partial charge in [-0.15, -0.1) is 12.4 Å². The first kappa shape index (κ1) is 109. The van der Waals surface area contributed by atoms with Crippen molar-refractivity contribution in [3.63, 3.8) is 0 Å². The molecular formula is C80H148Cl2N3O37+. The Balaban J connectivity index is 0.0000115. The fraction of sp³-hybridized carbons (Fsp3) is 0.975. The maximum Gasteiger partial charge on any atom is 0.306 e. The van der Waals surface area contributed by atoms with Crippen LogP contribution in [0.3, 0.4) is 0 Å². The average molecular weight is 1810 g/mol. The smallest absolute Gasteiger partial charge is 0.306 e. The zero-order valence-corrected chi connectivity index (χ0v) is 73.0. The van der Waals surface area contributed by atoms with Crippen molar-refractivity contribution in [3.8, 4) is 0 Å². The van der Waals surface area contributed by atoms with E-state index in [0.717, 1.165) is 60.8 Å². The zero-order chi connectivity index (χ0) is 87.7. The summed E-state index contributed by atoms with van der Waals surface area (Å²) in [5.74, 6) is -1.29. The summed E-state index contributed by atoms with van der Waals surface area (Å²) in [5.41, 5.74) is 0. The molecular weight excluding hydrogens is 1670 g/mol. The predicted molar refractivity (Wildman–Crippen MR) is 422 cm³/mol. The van der Waals surface area contributed by atoms with Crippen molar-refractivity contribution in [1.82, 2.24) is 4.90 Å². The monoisotopic (exact) mass is 1810 g/mol. The normalized spacial score (nSPS) is 39.3. The number of rotatable bonds is 41. The molecule has 0 spiro atoms. The Morgan fingerprint density at radius 3 is 0.697 bits per heavy atom. The first-order chi connectivity index (χ1) is 57.3. The lowest BCUT2D eigenvalue weighted by molar-refractivity contribution is -0.891. The van der Waals surface area contributed by atoms with Crippen molar-refractivity contribution in [2.75, 3.05) is 114 Å². The Bertz CT molecular complexity index is 2830. The quantitative estimate of drug-likeness (QED) is 0.0154. The number of carbonyl (C=O) groups is 2. The minimum Gasteiger partial charge on any atom is -1.00 e. The van der Waals surface area contributed by atoms with Gasteiger partial charge < -0.3 is 199 Å². The molecule has 14 bridgehead atoms. The molecule has 0 radical (unpaired) electrons. The lowest BCUT2D eigenvalue weighted by Crippen LogP contribution is -3.00. The van der Waals surface area contributed by atoms with E-state index in [0.29, 0.717) is 25.9 Å². The molecule has 0 saturated carbocycles. The Morgan fingerprint density at radius 2 is 0.475 bits per heavy atom. The Hall–Kier alpha value is -1.92. The van der Waals surface area contributed by atoms with Crippen LogP contribution >= 0.6 is 12.4 Å². The Morgan fingerprint density at radius 1 is 0.279 bits per heavy atom. The molecule has 21 saturated heterocycles. The standard InChI is InChI=1S/C80H147N3O37.2ClH/c1-7-9-11-13-15-17-19-21-23-25-33-82(3,4)35-27-31-81(32-28-36-83(5,6)34-26-24-22-20-18-16-14-12-10-8-2)51(90)29-30-52(91)106-43-50-73-59(98)66(105)80(113-50)119-72-49(42-89)111-78(64(103)57(72)96)117-70-47(40-87)109-76(62(101)55(70)94)115-68-45(38-85)107-74(60(99)53(68)92)114-67-44(37-84)108-75(61(100)54(67)93)116-69-46(39-86)110-77(63(102)56(69)95)118-71-48(41-88)112-79(120-73)65(104)58(71)97;;/h44-50,53-80,84-89,92-105H,7-43H2,1-6H3;2*1H/q+2;;/p-1. The summed E-state index contributed by atoms with van der Waals surface area (Å²) in [7, 11) is 8.76. The van der Waals surface area contributed by atoms with Crippen molar-refractivity contribution in [2.24, 2.45) is 0 Å². The van der Waals surface area contributed by atoms with E-state index in [1.807, 2.05) is 0 Å². The second-order valence-corrected chi connectivity index (χ2v) is 34.9. The molecule has 21 rings (SSSR count). The van der Waals surface area contributed by atoms with Gasteiger partial charge in [-0.2, -0.15) is 0 Å². The number of carbonyl (C=O) groups excluding carboxylic acids is 2. The Labute approximate surface area is 726 Å². The van der Waals surface area contributed by atoms with E-state index < -0.39 is 274 Å². The number of hydrogen-bond donors (Lipinski definition) is 20. The van der Waals surface area contributed by atoms with E-state index in [1.54, 1.807) is 4.90 Å². The van der Waals surface area contributed by atoms with Gasteiger partial charge in [-0.1, -0.05) is 117 Å². The molecule has 0 aromatic heterocycles. The fourth-order valence-corrected chi connectivity index (χ4v) is 17.0.